The van der Waals surface area contributed by atoms with Crippen LogP contribution in [0, 0.1) is 0 Å². The topological polar surface area (TPSA) is 3.24 Å². The van der Waals surface area contributed by atoms with E-state index in [2.05, 4.69) is 17.0 Å². The summed E-state index contributed by atoms with van der Waals surface area (Å²) in [6, 6.07) is 16.3. The first-order chi connectivity index (χ1) is 9.77. The highest BCUT2D eigenvalue weighted by atomic mass is 35.5. The summed E-state index contributed by atoms with van der Waals surface area (Å²) in [5, 5.41) is 1.62. The van der Waals surface area contributed by atoms with Crippen LogP contribution in [-0.4, -0.2) is 18.0 Å². The van der Waals surface area contributed by atoms with Gasteiger partial charge < -0.3 is 0 Å². The van der Waals surface area contributed by atoms with Crippen molar-refractivity contribution in [1.82, 2.24) is 4.90 Å². The molecule has 1 aliphatic rings. The monoisotopic (exact) mass is 305 g/mol. The summed E-state index contributed by atoms with van der Waals surface area (Å²) in [6.07, 6.45) is 2.48. The van der Waals surface area contributed by atoms with Gasteiger partial charge in [-0.3, -0.25) is 4.90 Å². The predicted octanol–water partition coefficient (Wildman–Crippen LogP) is 5.18. The van der Waals surface area contributed by atoms with E-state index in [4.69, 9.17) is 23.2 Å². The van der Waals surface area contributed by atoms with Crippen molar-refractivity contribution >= 4 is 23.2 Å². The molecular weight excluding hydrogens is 289 g/mol. The minimum absolute atomic E-state index is 0.153. The molecule has 1 aliphatic heterocycles. The van der Waals surface area contributed by atoms with Gasteiger partial charge in [0.1, 0.15) is 0 Å². The summed E-state index contributed by atoms with van der Waals surface area (Å²) in [4.78, 5) is 2.47. The Balaban J connectivity index is 2.09. The fourth-order valence-corrected chi connectivity index (χ4v) is 3.43. The normalized spacial score (nSPS) is 15.9. The van der Waals surface area contributed by atoms with Crippen LogP contribution in [0.1, 0.15) is 30.0 Å². The molecule has 1 fully saturated rings. The van der Waals surface area contributed by atoms with Crippen molar-refractivity contribution in [1.29, 1.82) is 0 Å². The van der Waals surface area contributed by atoms with Gasteiger partial charge in [-0.2, -0.15) is 0 Å². The van der Waals surface area contributed by atoms with Gasteiger partial charge in [-0.25, -0.2) is 0 Å². The summed E-state index contributed by atoms with van der Waals surface area (Å²) in [5.41, 5.74) is 2.29. The van der Waals surface area contributed by atoms with Crippen LogP contribution in [0.3, 0.4) is 0 Å². The van der Waals surface area contributed by atoms with E-state index in [1.165, 1.54) is 12.8 Å². The van der Waals surface area contributed by atoms with Crippen LogP contribution in [0.15, 0.2) is 48.5 Å². The van der Waals surface area contributed by atoms with E-state index in [0.717, 1.165) is 34.3 Å². The third kappa shape index (κ3) is 2.71. The molecule has 1 heterocycles. The zero-order chi connectivity index (χ0) is 13.9. The lowest BCUT2D eigenvalue weighted by atomic mass is 9.97. The van der Waals surface area contributed by atoms with Crippen LogP contribution >= 0.6 is 23.2 Å². The Bertz CT molecular complexity index is 546. The lowest BCUT2D eigenvalue weighted by molar-refractivity contribution is 0.281. The molecule has 0 saturated carbocycles. The van der Waals surface area contributed by atoms with Gasteiger partial charge in [0.2, 0.25) is 0 Å². The number of likely N-dealkylation sites (tertiary alicyclic amines) is 1. The van der Waals surface area contributed by atoms with Gasteiger partial charge in [-0.1, -0.05) is 59.6 Å². The van der Waals surface area contributed by atoms with Gasteiger partial charge in [-0.05, 0) is 49.2 Å². The highest BCUT2D eigenvalue weighted by Crippen LogP contribution is 2.38. The second-order valence-corrected chi connectivity index (χ2v) is 6.00. The molecule has 3 rings (SSSR count). The van der Waals surface area contributed by atoms with Gasteiger partial charge in [0.15, 0.2) is 0 Å². The molecule has 2 aromatic rings. The number of hydrogen-bond acceptors (Lipinski definition) is 1. The Morgan fingerprint density at radius 3 is 1.65 bits per heavy atom. The largest absolute Gasteiger partial charge is 0.292 e. The van der Waals surface area contributed by atoms with Crippen molar-refractivity contribution < 1.29 is 0 Å². The Morgan fingerprint density at radius 2 is 1.20 bits per heavy atom. The van der Waals surface area contributed by atoms with E-state index in [9.17, 15) is 0 Å². The van der Waals surface area contributed by atoms with Gasteiger partial charge in [0.25, 0.3) is 0 Å². The van der Waals surface area contributed by atoms with E-state index < -0.39 is 0 Å². The SMILES string of the molecule is Clc1ccccc1C(c1ccccc1Cl)N1CCCC1. The third-order valence-corrected chi connectivity index (χ3v) is 4.59. The molecule has 0 unspecified atom stereocenters. The Kier molecular flexibility index (Phi) is 4.30. The second kappa shape index (κ2) is 6.17. The standard InChI is InChI=1S/C17H17Cl2N/c18-15-9-3-1-7-13(15)17(20-11-5-6-12-20)14-8-2-4-10-16(14)19/h1-4,7-10,17H,5-6,11-12H2. The predicted molar refractivity (Wildman–Crippen MR) is 85.6 cm³/mol. The fraction of sp³-hybridized carbons (Fsp3) is 0.294. The average molecular weight is 306 g/mol. The van der Waals surface area contributed by atoms with Crippen LogP contribution in [-0.2, 0) is 0 Å². The lowest BCUT2D eigenvalue weighted by Crippen LogP contribution is -2.27. The molecule has 2 aromatic carbocycles. The molecule has 0 atom stereocenters. The van der Waals surface area contributed by atoms with Gasteiger partial charge in [-0.15, -0.1) is 0 Å². The smallest absolute Gasteiger partial charge is 0.0631 e. The van der Waals surface area contributed by atoms with Crippen molar-refractivity contribution in [3.63, 3.8) is 0 Å². The molecule has 1 saturated heterocycles. The maximum atomic E-state index is 6.43. The molecule has 0 aromatic heterocycles. The van der Waals surface area contributed by atoms with Crippen molar-refractivity contribution in [2.24, 2.45) is 0 Å². The molecule has 0 radical (unpaired) electrons. The maximum absolute atomic E-state index is 6.43. The molecular formula is C17H17Cl2N. The highest BCUT2D eigenvalue weighted by molar-refractivity contribution is 6.32. The van der Waals surface area contributed by atoms with Crippen LogP contribution in [0.25, 0.3) is 0 Å². The molecule has 0 N–H and O–H groups in total. The average Bonchev–Trinajstić information content (AvgIpc) is 2.97. The minimum Gasteiger partial charge on any atom is -0.292 e. The van der Waals surface area contributed by atoms with Crippen LogP contribution in [0.2, 0.25) is 10.0 Å². The van der Waals surface area contributed by atoms with Crippen molar-refractivity contribution in [2.45, 2.75) is 18.9 Å². The molecule has 0 amide bonds. The van der Waals surface area contributed by atoms with Crippen LogP contribution < -0.4 is 0 Å². The summed E-state index contributed by atoms with van der Waals surface area (Å²) < 4.78 is 0. The summed E-state index contributed by atoms with van der Waals surface area (Å²) in [6.45, 7) is 2.20. The van der Waals surface area contributed by atoms with Crippen molar-refractivity contribution in [3.05, 3.63) is 69.7 Å². The maximum Gasteiger partial charge on any atom is 0.0631 e. The number of nitrogens with zero attached hydrogens (tertiary/aromatic N) is 1. The molecule has 0 bridgehead atoms. The first-order valence-corrected chi connectivity index (χ1v) is 7.76. The number of halogens is 2. The minimum atomic E-state index is 0.153. The zero-order valence-electron chi connectivity index (χ0n) is 11.2. The Morgan fingerprint density at radius 1 is 0.750 bits per heavy atom. The molecule has 0 spiro atoms. The molecule has 20 heavy (non-hydrogen) atoms. The van der Waals surface area contributed by atoms with E-state index in [1.54, 1.807) is 0 Å². The number of rotatable bonds is 3. The Labute approximate surface area is 130 Å². The molecule has 3 heteroatoms. The Hall–Kier alpha value is -1.02. The molecule has 104 valence electrons. The van der Waals surface area contributed by atoms with Crippen LogP contribution in [0.5, 0.6) is 0 Å². The third-order valence-electron chi connectivity index (χ3n) is 3.91. The lowest BCUT2D eigenvalue weighted by Gasteiger charge is -2.29. The van der Waals surface area contributed by atoms with E-state index in [-0.39, 0.29) is 6.04 Å². The summed E-state index contributed by atoms with van der Waals surface area (Å²) in [7, 11) is 0. The van der Waals surface area contributed by atoms with Crippen LogP contribution in [0.4, 0.5) is 0 Å². The van der Waals surface area contributed by atoms with E-state index >= 15 is 0 Å². The van der Waals surface area contributed by atoms with Crippen molar-refractivity contribution in [2.75, 3.05) is 13.1 Å². The van der Waals surface area contributed by atoms with Gasteiger partial charge >= 0.3 is 0 Å². The first kappa shape index (κ1) is 13.9. The van der Waals surface area contributed by atoms with Crippen molar-refractivity contribution in [3.8, 4) is 0 Å². The number of benzene rings is 2. The van der Waals surface area contributed by atoms with Gasteiger partial charge in [0, 0.05) is 10.0 Å². The van der Waals surface area contributed by atoms with Gasteiger partial charge in [0.05, 0.1) is 6.04 Å². The zero-order valence-corrected chi connectivity index (χ0v) is 12.7. The van der Waals surface area contributed by atoms with E-state index in [1.807, 2.05) is 36.4 Å². The summed E-state index contributed by atoms with van der Waals surface area (Å²) in [5.74, 6) is 0. The first-order valence-electron chi connectivity index (χ1n) is 7.00. The highest BCUT2D eigenvalue weighted by Gasteiger charge is 2.27. The number of hydrogen-bond donors (Lipinski definition) is 0. The quantitative estimate of drug-likeness (QED) is 0.755. The van der Waals surface area contributed by atoms with E-state index in [0.29, 0.717) is 0 Å². The molecule has 1 nitrogen and oxygen atoms in total. The second-order valence-electron chi connectivity index (χ2n) is 5.19. The fourth-order valence-electron chi connectivity index (χ4n) is 2.95. The molecule has 0 aliphatic carbocycles. The summed E-state index contributed by atoms with van der Waals surface area (Å²) >= 11 is 12.9.